The van der Waals surface area contributed by atoms with Gasteiger partial charge in [0.15, 0.2) is 0 Å². The molecule has 0 spiro atoms. The van der Waals surface area contributed by atoms with Crippen molar-refractivity contribution in [3.63, 3.8) is 0 Å². The Hall–Kier alpha value is -4.00. The number of nitrogens with one attached hydrogen (secondary N) is 1. The first-order valence-corrected chi connectivity index (χ1v) is 11.4. The van der Waals surface area contributed by atoms with Crippen LogP contribution in [0.3, 0.4) is 0 Å². The van der Waals surface area contributed by atoms with Crippen molar-refractivity contribution in [1.82, 2.24) is 19.7 Å². The van der Waals surface area contributed by atoms with Gasteiger partial charge in [0.25, 0.3) is 5.95 Å². The maximum Gasteiger partial charge on any atom is 0.252 e. The predicted molar refractivity (Wildman–Crippen MR) is 130 cm³/mol. The van der Waals surface area contributed by atoms with Crippen molar-refractivity contribution in [3.05, 3.63) is 93.9 Å². The molecule has 1 atom stereocenters. The van der Waals surface area contributed by atoms with Crippen LogP contribution in [0.25, 0.3) is 5.95 Å². The Bertz CT molecular complexity index is 1350. The van der Waals surface area contributed by atoms with Crippen LogP contribution in [0.2, 0.25) is 0 Å². The highest BCUT2D eigenvalue weighted by Gasteiger charge is 2.33. The van der Waals surface area contributed by atoms with Crippen molar-refractivity contribution in [1.29, 1.82) is 0 Å². The molecule has 0 unspecified atom stereocenters. The van der Waals surface area contributed by atoms with E-state index in [1.165, 1.54) is 5.56 Å². The van der Waals surface area contributed by atoms with Crippen molar-refractivity contribution < 1.29 is 9.53 Å². The van der Waals surface area contributed by atoms with Gasteiger partial charge in [-0.05, 0) is 62.6 Å². The Balaban J connectivity index is 1.44. The number of fused-ring (bicyclic) bond motifs is 1. The summed E-state index contributed by atoms with van der Waals surface area (Å²) in [4.78, 5) is 21.7. The molecule has 1 N–H and O–H groups in total. The van der Waals surface area contributed by atoms with E-state index in [1.807, 2.05) is 63.2 Å². The van der Waals surface area contributed by atoms with Gasteiger partial charge in [-0.3, -0.25) is 4.79 Å². The lowest BCUT2D eigenvalue weighted by atomic mass is 9.86. The minimum atomic E-state index is -0.103. The van der Waals surface area contributed by atoms with Crippen LogP contribution < -0.4 is 10.1 Å². The number of benzene rings is 2. The molecular weight excluding hydrogens is 426 g/mol. The Labute approximate surface area is 198 Å². The number of aromatic nitrogens is 4. The fourth-order valence-electron chi connectivity index (χ4n) is 4.51. The largest absolute Gasteiger partial charge is 0.489 e. The van der Waals surface area contributed by atoms with Crippen LogP contribution in [-0.4, -0.2) is 25.7 Å². The molecule has 0 saturated carbocycles. The lowest BCUT2D eigenvalue weighted by Crippen LogP contribution is -2.25. The number of rotatable bonds is 5. The molecule has 0 aliphatic carbocycles. The minimum absolute atomic E-state index is 0.0529. The highest BCUT2D eigenvalue weighted by Crippen LogP contribution is 2.40. The van der Waals surface area contributed by atoms with Gasteiger partial charge in [-0.25, -0.2) is 9.97 Å². The number of amides is 1. The van der Waals surface area contributed by atoms with E-state index < -0.39 is 0 Å². The molecule has 0 saturated heterocycles. The fraction of sp³-hybridized carbons (Fsp3) is 0.259. The molecule has 3 heterocycles. The van der Waals surface area contributed by atoms with Crippen molar-refractivity contribution in [2.45, 2.75) is 46.6 Å². The number of carbonyl (C=O) groups is 1. The second-order valence-corrected chi connectivity index (χ2v) is 8.80. The fourth-order valence-corrected chi connectivity index (χ4v) is 4.51. The molecule has 4 aromatic rings. The maximum atomic E-state index is 12.7. The summed E-state index contributed by atoms with van der Waals surface area (Å²) in [6, 6.07) is 18.1. The third-order valence-electron chi connectivity index (χ3n) is 6.20. The van der Waals surface area contributed by atoms with Gasteiger partial charge in [-0.1, -0.05) is 36.4 Å². The number of aryl methyl sites for hydroxylation is 4. The van der Waals surface area contributed by atoms with Crippen LogP contribution in [0.4, 0.5) is 5.82 Å². The van der Waals surface area contributed by atoms with Crippen molar-refractivity contribution in [3.8, 4) is 11.7 Å². The van der Waals surface area contributed by atoms with Gasteiger partial charge < -0.3 is 10.1 Å². The molecule has 0 fully saturated rings. The van der Waals surface area contributed by atoms with Gasteiger partial charge in [0.1, 0.15) is 18.2 Å². The molecule has 34 heavy (non-hydrogen) atoms. The van der Waals surface area contributed by atoms with Gasteiger partial charge in [0.05, 0.1) is 5.69 Å². The average Bonchev–Trinajstić information content (AvgIpc) is 3.14. The molecule has 2 aromatic heterocycles. The normalized spacial score (nSPS) is 15.1. The third-order valence-corrected chi connectivity index (χ3v) is 6.20. The van der Waals surface area contributed by atoms with Crippen LogP contribution in [0.1, 0.15) is 51.7 Å². The molecule has 0 radical (unpaired) electrons. The molecule has 7 heteroatoms. The topological polar surface area (TPSA) is 81.9 Å². The highest BCUT2D eigenvalue weighted by molar-refractivity contribution is 5.95. The molecule has 7 nitrogen and oxygen atoms in total. The number of hydrogen-bond acceptors (Lipinski definition) is 5. The summed E-state index contributed by atoms with van der Waals surface area (Å²) in [5.74, 6) is 1.74. The Morgan fingerprint density at radius 1 is 1.00 bits per heavy atom. The van der Waals surface area contributed by atoms with E-state index in [2.05, 4.69) is 34.3 Å². The van der Waals surface area contributed by atoms with E-state index >= 15 is 0 Å². The van der Waals surface area contributed by atoms with Crippen LogP contribution >= 0.6 is 0 Å². The minimum Gasteiger partial charge on any atom is -0.489 e. The van der Waals surface area contributed by atoms with E-state index in [9.17, 15) is 4.79 Å². The molecule has 1 aliphatic heterocycles. The number of carbonyl (C=O) groups excluding carboxylic acids is 1. The summed E-state index contributed by atoms with van der Waals surface area (Å²) in [7, 11) is 0. The number of anilines is 1. The number of ether oxygens (including phenoxy) is 1. The summed E-state index contributed by atoms with van der Waals surface area (Å²) < 4.78 is 7.65. The van der Waals surface area contributed by atoms with Crippen molar-refractivity contribution in [2.24, 2.45) is 0 Å². The van der Waals surface area contributed by atoms with Gasteiger partial charge in [0, 0.05) is 29.3 Å². The lowest BCUT2D eigenvalue weighted by molar-refractivity contribution is -0.116. The zero-order valence-corrected chi connectivity index (χ0v) is 19.8. The molecule has 5 rings (SSSR count). The Kier molecular flexibility index (Phi) is 5.61. The van der Waals surface area contributed by atoms with Crippen LogP contribution in [0.5, 0.6) is 5.75 Å². The zero-order valence-electron chi connectivity index (χ0n) is 19.8. The first-order chi connectivity index (χ1) is 16.4. The van der Waals surface area contributed by atoms with E-state index in [0.29, 0.717) is 24.8 Å². The summed E-state index contributed by atoms with van der Waals surface area (Å²) >= 11 is 0. The van der Waals surface area contributed by atoms with Gasteiger partial charge >= 0.3 is 0 Å². The van der Waals surface area contributed by atoms with Crippen molar-refractivity contribution in [2.75, 3.05) is 5.32 Å². The SMILES string of the molecule is Cc1cc(C)nc(-n2nc(C)c3c2NC(=O)C[C@H]3c2ccc(OCc3ccccc3C)cc2)n1. The highest BCUT2D eigenvalue weighted by atomic mass is 16.5. The molecule has 1 aliphatic rings. The first kappa shape index (κ1) is 21.8. The summed E-state index contributed by atoms with van der Waals surface area (Å²) in [6.07, 6.45) is 0.358. The number of nitrogens with zero attached hydrogens (tertiary/aromatic N) is 4. The average molecular weight is 454 g/mol. The standard InChI is InChI=1S/C27H27N5O2/c1-16-7-5-6-8-21(16)15-34-22-11-9-20(10-12-22)23-14-24(33)30-26-25(23)19(4)31-32(26)27-28-17(2)13-18(3)29-27/h5-13,23H,14-15H2,1-4H3,(H,30,33)/t23-/m0/s1. The summed E-state index contributed by atoms with van der Waals surface area (Å²) in [6.45, 7) is 8.40. The zero-order chi connectivity index (χ0) is 23.8. The van der Waals surface area contributed by atoms with Gasteiger partial charge in [-0.2, -0.15) is 9.78 Å². The maximum absolute atomic E-state index is 12.7. The van der Waals surface area contributed by atoms with Gasteiger partial charge in [-0.15, -0.1) is 0 Å². The molecule has 2 aromatic carbocycles. The monoisotopic (exact) mass is 453 g/mol. The second kappa shape index (κ2) is 8.74. The molecule has 1 amide bonds. The van der Waals surface area contributed by atoms with Crippen molar-refractivity contribution >= 4 is 11.7 Å². The Morgan fingerprint density at radius 2 is 1.71 bits per heavy atom. The Morgan fingerprint density at radius 3 is 2.41 bits per heavy atom. The van der Waals surface area contributed by atoms with E-state index in [1.54, 1.807) is 4.68 Å². The van der Waals surface area contributed by atoms with Crippen LogP contribution in [0.15, 0.2) is 54.6 Å². The van der Waals surface area contributed by atoms with Crippen LogP contribution in [-0.2, 0) is 11.4 Å². The molecular formula is C27H27N5O2. The third kappa shape index (κ3) is 4.17. The first-order valence-electron chi connectivity index (χ1n) is 11.4. The predicted octanol–water partition coefficient (Wildman–Crippen LogP) is 4.95. The smallest absolute Gasteiger partial charge is 0.252 e. The van der Waals surface area contributed by atoms with Gasteiger partial charge in [0.2, 0.25) is 5.91 Å². The molecule has 0 bridgehead atoms. The van der Waals surface area contributed by atoms with E-state index in [0.717, 1.165) is 39.5 Å². The summed E-state index contributed by atoms with van der Waals surface area (Å²) in [5.41, 5.74) is 6.97. The lowest BCUT2D eigenvalue weighted by Gasteiger charge is -2.24. The number of hydrogen-bond donors (Lipinski definition) is 1. The quantitative estimate of drug-likeness (QED) is 0.462. The van der Waals surface area contributed by atoms with E-state index in [4.69, 9.17) is 9.84 Å². The summed E-state index contributed by atoms with van der Waals surface area (Å²) in [5, 5.41) is 7.69. The molecule has 172 valence electrons. The second-order valence-electron chi connectivity index (χ2n) is 8.80. The van der Waals surface area contributed by atoms with Crippen LogP contribution in [0, 0.1) is 27.7 Å². The van der Waals surface area contributed by atoms with E-state index in [-0.39, 0.29) is 11.8 Å².